The third-order valence-corrected chi connectivity index (χ3v) is 5.84. The van der Waals surface area contributed by atoms with Crippen molar-refractivity contribution in [1.82, 2.24) is 10.3 Å². The summed E-state index contributed by atoms with van der Waals surface area (Å²) in [7, 11) is 0. The van der Waals surface area contributed by atoms with Crippen LogP contribution < -0.4 is 10.6 Å². The molecule has 2 N–H and O–H groups in total. The lowest BCUT2D eigenvalue weighted by Gasteiger charge is -2.22. The summed E-state index contributed by atoms with van der Waals surface area (Å²) in [6.45, 7) is 5.44. The predicted octanol–water partition coefficient (Wildman–Crippen LogP) is 5.84. The van der Waals surface area contributed by atoms with E-state index in [0.29, 0.717) is 16.8 Å². The predicted molar refractivity (Wildman–Crippen MR) is 149 cm³/mol. The van der Waals surface area contributed by atoms with E-state index in [1.165, 1.54) is 0 Å². The fraction of sp³-hybridized carbons (Fsp3) is 0.226. The topological polar surface area (TPSA) is 107 Å². The summed E-state index contributed by atoms with van der Waals surface area (Å²) in [6, 6.07) is 23.4. The van der Waals surface area contributed by atoms with Gasteiger partial charge in [-0.3, -0.25) is 9.78 Å². The van der Waals surface area contributed by atoms with Crippen LogP contribution in [0.2, 0.25) is 0 Å². The van der Waals surface area contributed by atoms with Crippen molar-refractivity contribution in [2.45, 2.75) is 38.9 Å². The molecule has 0 aliphatic carbocycles. The molecule has 4 rings (SSSR count). The maximum absolute atomic E-state index is 13.4. The minimum Gasteiger partial charge on any atom is -0.457 e. The van der Waals surface area contributed by atoms with Crippen molar-refractivity contribution in [1.29, 1.82) is 0 Å². The molecule has 2 amide bonds. The number of amides is 2. The molecule has 39 heavy (non-hydrogen) atoms. The number of aromatic nitrogens is 1. The van der Waals surface area contributed by atoms with Crippen LogP contribution in [0.3, 0.4) is 0 Å². The SMILES string of the molecule is CC(C)(C)OC(=O)NCC(C(=O)Nc1ccc2cnccc2c1)c1ccc(COC(=O)c2ccccc2)cc1. The summed E-state index contributed by atoms with van der Waals surface area (Å²) in [5.41, 5.74) is 1.90. The zero-order valence-corrected chi connectivity index (χ0v) is 22.1. The van der Waals surface area contributed by atoms with Crippen LogP contribution >= 0.6 is 0 Å². The van der Waals surface area contributed by atoms with Crippen LogP contribution in [0.4, 0.5) is 10.5 Å². The van der Waals surface area contributed by atoms with E-state index >= 15 is 0 Å². The molecule has 1 aromatic heterocycles. The third kappa shape index (κ3) is 7.88. The van der Waals surface area contributed by atoms with Gasteiger partial charge in [0.05, 0.1) is 11.5 Å². The fourth-order valence-electron chi connectivity index (χ4n) is 3.90. The summed E-state index contributed by atoms with van der Waals surface area (Å²) in [4.78, 5) is 42.1. The Labute approximate surface area is 227 Å². The van der Waals surface area contributed by atoms with E-state index in [2.05, 4.69) is 15.6 Å². The van der Waals surface area contributed by atoms with Gasteiger partial charge in [0.1, 0.15) is 12.2 Å². The number of fused-ring (bicyclic) bond motifs is 1. The number of carbonyl (C=O) groups is 3. The van der Waals surface area contributed by atoms with Crippen molar-refractivity contribution >= 4 is 34.4 Å². The van der Waals surface area contributed by atoms with Crippen LogP contribution in [0.15, 0.2) is 91.3 Å². The highest BCUT2D eigenvalue weighted by Crippen LogP contribution is 2.22. The maximum Gasteiger partial charge on any atom is 0.407 e. The van der Waals surface area contributed by atoms with Gasteiger partial charge in [0.15, 0.2) is 0 Å². The highest BCUT2D eigenvalue weighted by Gasteiger charge is 2.24. The van der Waals surface area contributed by atoms with Crippen LogP contribution in [0, 0.1) is 0 Å². The molecular weight excluding hydrogens is 494 g/mol. The van der Waals surface area contributed by atoms with Crippen LogP contribution in [0.5, 0.6) is 0 Å². The summed E-state index contributed by atoms with van der Waals surface area (Å²) >= 11 is 0. The molecule has 4 aromatic rings. The van der Waals surface area contributed by atoms with Gasteiger partial charge in [-0.2, -0.15) is 0 Å². The molecule has 200 valence electrons. The monoisotopic (exact) mass is 525 g/mol. The van der Waals surface area contributed by atoms with Gasteiger partial charge in [0.25, 0.3) is 0 Å². The van der Waals surface area contributed by atoms with E-state index in [1.54, 1.807) is 81.7 Å². The zero-order chi connectivity index (χ0) is 27.8. The molecule has 1 unspecified atom stereocenters. The molecule has 0 saturated heterocycles. The van der Waals surface area contributed by atoms with Gasteiger partial charge >= 0.3 is 12.1 Å². The van der Waals surface area contributed by atoms with Gasteiger partial charge in [-0.15, -0.1) is 0 Å². The molecule has 3 aromatic carbocycles. The van der Waals surface area contributed by atoms with E-state index in [9.17, 15) is 14.4 Å². The molecular formula is C31H31N3O5. The first-order valence-electron chi connectivity index (χ1n) is 12.6. The number of benzene rings is 3. The van der Waals surface area contributed by atoms with Crippen molar-refractivity contribution in [2.24, 2.45) is 0 Å². The van der Waals surface area contributed by atoms with Gasteiger partial charge in [-0.1, -0.05) is 48.5 Å². The fourth-order valence-corrected chi connectivity index (χ4v) is 3.90. The molecule has 1 atom stereocenters. The van der Waals surface area contributed by atoms with Crippen LogP contribution in [0.1, 0.15) is 48.2 Å². The van der Waals surface area contributed by atoms with E-state index in [4.69, 9.17) is 9.47 Å². The third-order valence-electron chi connectivity index (χ3n) is 5.84. The van der Waals surface area contributed by atoms with Gasteiger partial charge in [0.2, 0.25) is 5.91 Å². The largest absolute Gasteiger partial charge is 0.457 e. The molecule has 0 radical (unpaired) electrons. The number of pyridine rings is 1. The first-order chi connectivity index (χ1) is 18.7. The average Bonchev–Trinajstić information content (AvgIpc) is 2.92. The lowest BCUT2D eigenvalue weighted by Crippen LogP contribution is -2.37. The van der Waals surface area contributed by atoms with Crippen LogP contribution in [-0.2, 0) is 20.9 Å². The number of ether oxygens (including phenoxy) is 2. The number of nitrogens with one attached hydrogen (secondary N) is 2. The van der Waals surface area contributed by atoms with Crippen molar-refractivity contribution in [2.75, 3.05) is 11.9 Å². The Morgan fingerprint density at radius 1 is 0.897 bits per heavy atom. The molecule has 0 fully saturated rings. The summed E-state index contributed by atoms with van der Waals surface area (Å²) in [5, 5.41) is 7.57. The number of hydrogen-bond donors (Lipinski definition) is 2. The summed E-state index contributed by atoms with van der Waals surface area (Å²) < 4.78 is 10.7. The molecule has 0 aliphatic rings. The highest BCUT2D eigenvalue weighted by atomic mass is 16.6. The lowest BCUT2D eigenvalue weighted by molar-refractivity contribution is -0.117. The maximum atomic E-state index is 13.4. The Hall–Kier alpha value is -4.72. The Bertz CT molecular complexity index is 1450. The van der Waals surface area contributed by atoms with Crippen molar-refractivity contribution < 1.29 is 23.9 Å². The van der Waals surface area contributed by atoms with Gasteiger partial charge in [-0.25, -0.2) is 9.59 Å². The number of hydrogen-bond acceptors (Lipinski definition) is 6. The molecule has 0 saturated carbocycles. The number of rotatable bonds is 8. The second-order valence-electron chi connectivity index (χ2n) is 10.0. The Morgan fingerprint density at radius 3 is 2.36 bits per heavy atom. The molecule has 8 nitrogen and oxygen atoms in total. The van der Waals surface area contributed by atoms with Crippen LogP contribution in [-0.4, -0.2) is 35.1 Å². The molecule has 0 aliphatic heterocycles. The smallest absolute Gasteiger partial charge is 0.407 e. The van der Waals surface area contributed by atoms with Crippen molar-refractivity contribution in [3.63, 3.8) is 0 Å². The van der Waals surface area contributed by atoms with E-state index in [0.717, 1.165) is 16.3 Å². The highest BCUT2D eigenvalue weighted by molar-refractivity contribution is 5.98. The van der Waals surface area contributed by atoms with Crippen LogP contribution in [0.25, 0.3) is 10.8 Å². The van der Waals surface area contributed by atoms with E-state index in [1.807, 2.05) is 30.3 Å². The molecule has 8 heteroatoms. The lowest BCUT2D eigenvalue weighted by atomic mass is 9.96. The number of anilines is 1. The second-order valence-corrected chi connectivity index (χ2v) is 10.0. The minimum absolute atomic E-state index is 0.0284. The number of alkyl carbamates (subject to hydrolysis) is 1. The number of carbonyl (C=O) groups excluding carboxylic acids is 3. The van der Waals surface area contributed by atoms with Gasteiger partial charge < -0.3 is 20.1 Å². The number of nitrogens with zero attached hydrogens (tertiary/aromatic N) is 1. The second kappa shape index (κ2) is 12.2. The first-order valence-corrected chi connectivity index (χ1v) is 12.6. The molecule has 0 spiro atoms. The van der Waals surface area contributed by atoms with E-state index in [-0.39, 0.29) is 19.1 Å². The molecule has 0 bridgehead atoms. The van der Waals surface area contributed by atoms with Crippen molar-refractivity contribution in [3.05, 3.63) is 108 Å². The zero-order valence-electron chi connectivity index (χ0n) is 22.1. The quantitative estimate of drug-likeness (QED) is 0.280. The first kappa shape index (κ1) is 27.3. The summed E-state index contributed by atoms with van der Waals surface area (Å²) in [5.74, 6) is -1.40. The van der Waals surface area contributed by atoms with Gasteiger partial charge in [-0.05, 0) is 67.6 Å². The Balaban J connectivity index is 1.47. The normalized spacial score (nSPS) is 11.9. The summed E-state index contributed by atoms with van der Waals surface area (Å²) in [6.07, 6.45) is 2.84. The Morgan fingerprint density at radius 2 is 1.64 bits per heavy atom. The Kier molecular flexibility index (Phi) is 8.56. The number of esters is 1. The minimum atomic E-state index is -0.702. The van der Waals surface area contributed by atoms with Gasteiger partial charge in [0, 0.05) is 30.0 Å². The van der Waals surface area contributed by atoms with Crippen molar-refractivity contribution in [3.8, 4) is 0 Å². The standard InChI is InChI=1S/C31H31N3O5/c1-31(2,3)39-30(37)33-19-27(28(35)34-26-14-13-25-18-32-16-15-24(25)17-26)22-11-9-21(10-12-22)20-38-29(36)23-7-5-4-6-8-23/h4-18,27H,19-20H2,1-3H3,(H,33,37)(H,34,35). The molecule has 1 heterocycles. The van der Waals surface area contributed by atoms with E-state index < -0.39 is 23.6 Å². The average molecular weight is 526 g/mol.